The van der Waals surface area contributed by atoms with Crippen LogP contribution in [0.2, 0.25) is 5.02 Å². The molecule has 0 aliphatic carbocycles. The van der Waals surface area contributed by atoms with Gasteiger partial charge in [-0.2, -0.15) is 0 Å². The van der Waals surface area contributed by atoms with Crippen LogP contribution in [-0.4, -0.2) is 29.7 Å². The Kier molecular flexibility index (Phi) is 5.57. The van der Waals surface area contributed by atoms with Gasteiger partial charge in [0.2, 0.25) is 5.91 Å². The first kappa shape index (κ1) is 17.7. The molecule has 0 saturated heterocycles. The lowest BCUT2D eigenvalue weighted by atomic mass is 10.2. The first-order chi connectivity index (χ1) is 12.1. The number of esters is 1. The zero-order chi connectivity index (χ0) is 17.8. The maximum Gasteiger partial charge on any atom is 0.339 e. The van der Waals surface area contributed by atoms with E-state index in [2.05, 4.69) is 10.3 Å². The van der Waals surface area contributed by atoms with Gasteiger partial charge in [-0.05, 0) is 30.3 Å². The van der Waals surface area contributed by atoms with E-state index in [1.807, 2.05) is 12.1 Å². The Morgan fingerprint density at radius 1 is 1.28 bits per heavy atom. The lowest BCUT2D eigenvalue weighted by Gasteiger charge is -2.08. The summed E-state index contributed by atoms with van der Waals surface area (Å²) in [6, 6.07) is 12.2. The highest BCUT2D eigenvalue weighted by Crippen LogP contribution is 2.31. The molecule has 0 atom stereocenters. The first-order valence-electron chi connectivity index (χ1n) is 7.23. The van der Waals surface area contributed by atoms with Gasteiger partial charge in [-0.25, -0.2) is 9.78 Å². The Bertz CT molecular complexity index is 943. The van der Waals surface area contributed by atoms with Crippen LogP contribution in [0.4, 0.5) is 5.69 Å². The van der Waals surface area contributed by atoms with Gasteiger partial charge in [0.1, 0.15) is 0 Å². The van der Waals surface area contributed by atoms with Gasteiger partial charge in [0.05, 0.1) is 34.3 Å². The quantitative estimate of drug-likeness (QED) is 0.512. The SMILES string of the molecule is COC(=O)c1ccccc1NC(=O)CSc1nc2cc(Cl)ccc2s1. The minimum atomic E-state index is -0.494. The zero-order valence-corrected chi connectivity index (χ0v) is 15.5. The van der Waals surface area contributed by atoms with Gasteiger partial charge < -0.3 is 10.1 Å². The number of thiazole rings is 1. The fourth-order valence-corrected chi connectivity index (χ4v) is 4.15. The van der Waals surface area contributed by atoms with Crippen molar-refractivity contribution < 1.29 is 14.3 Å². The number of hydrogen-bond acceptors (Lipinski definition) is 6. The number of ether oxygens (including phenoxy) is 1. The van der Waals surface area contributed by atoms with Gasteiger partial charge >= 0.3 is 5.97 Å². The van der Waals surface area contributed by atoms with E-state index in [4.69, 9.17) is 16.3 Å². The number of anilines is 1. The van der Waals surface area contributed by atoms with Gasteiger partial charge in [0.15, 0.2) is 4.34 Å². The lowest BCUT2D eigenvalue weighted by molar-refractivity contribution is -0.113. The Morgan fingerprint density at radius 2 is 2.08 bits per heavy atom. The van der Waals surface area contributed by atoms with E-state index in [1.165, 1.54) is 30.2 Å². The van der Waals surface area contributed by atoms with Crippen molar-refractivity contribution in [3.63, 3.8) is 0 Å². The molecule has 1 amide bonds. The molecule has 3 aromatic rings. The molecule has 2 aromatic carbocycles. The van der Waals surface area contributed by atoms with Gasteiger partial charge in [-0.15, -0.1) is 11.3 Å². The van der Waals surface area contributed by atoms with Crippen LogP contribution in [0.25, 0.3) is 10.2 Å². The number of nitrogens with one attached hydrogen (secondary N) is 1. The summed E-state index contributed by atoms with van der Waals surface area (Å²) >= 11 is 8.79. The van der Waals surface area contributed by atoms with Gasteiger partial charge in [0, 0.05) is 5.02 Å². The number of carbonyl (C=O) groups excluding carboxylic acids is 2. The van der Waals surface area contributed by atoms with Crippen LogP contribution < -0.4 is 5.32 Å². The zero-order valence-electron chi connectivity index (χ0n) is 13.1. The topological polar surface area (TPSA) is 68.3 Å². The van der Waals surface area contributed by atoms with E-state index in [1.54, 1.807) is 30.3 Å². The number of thioether (sulfide) groups is 1. The number of rotatable bonds is 5. The number of aromatic nitrogens is 1. The van der Waals surface area contributed by atoms with Gasteiger partial charge in [-0.1, -0.05) is 35.5 Å². The Labute approximate surface area is 157 Å². The van der Waals surface area contributed by atoms with E-state index < -0.39 is 5.97 Å². The number of halogens is 1. The summed E-state index contributed by atoms with van der Waals surface area (Å²) in [7, 11) is 1.30. The standard InChI is InChI=1S/C17H13ClN2O3S2/c1-23-16(22)11-4-2-3-5-12(11)19-15(21)9-24-17-20-13-8-10(18)6-7-14(13)25-17/h2-8H,9H2,1H3,(H,19,21). The number of para-hydroxylation sites is 1. The summed E-state index contributed by atoms with van der Waals surface area (Å²) in [5.41, 5.74) is 1.56. The van der Waals surface area contributed by atoms with Crippen molar-refractivity contribution in [2.45, 2.75) is 4.34 Å². The van der Waals surface area contributed by atoms with Crippen LogP contribution in [0.15, 0.2) is 46.8 Å². The summed E-state index contributed by atoms with van der Waals surface area (Å²) in [5.74, 6) is -0.534. The van der Waals surface area contributed by atoms with Crippen LogP contribution in [0, 0.1) is 0 Å². The van der Waals surface area contributed by atoms with Crippen molar-refractivity contribution >= 4 is 62.5 Å². The number of carbonyl (C=O) groups is 2. The number of benzene rings is 2. The van der Waals surface area contributed by atoms with E-state index in [0.717, 1.165) is 14.6 Å². The van der Waals surface area contributed by atoms with Crippen LogP contribution in [0.1, 0.15) is 10.4 Å². The third kappa shape index (κ3) is 4.31. The van der Waals surface area contributed by atoms with Gasteiger partial charge in [-0.3, -0.25) is 4.79 Å². The number of amides is 1. The molecule has 0 aliphatic heterocycles. The molecule has 0 aliphatic rings. The summed E-state index contributed by atoms with van der Waals surface area (Å²) in [5, 5.41) is 3.37. The third-order valence-electron chi connectivity index (χ3n) is 3.26. The van der Waals surface area contributed by atoms with Crippen molar-refractivity contribution in [1.29, 1.82) is 0 Å². The number of hydrogen-bond donors (Lipinski definition) is 1. The molecule has 0 saturated carbocycles. The number of nitrogens with zero attached hydrogens (tertiary/aromatic N) is 1. The largest absolute Gasteiger partial charge is 0.465 e. The van der Waals surface area contributed by atoms with Gasteiger partial charge in [0.25, 0.3) is 0 Å². The van der Waals surface area contributed by atoms with E-state index in [-0.39, 0.29) is 11.7 Å². The van der Waals surface area contributed by atoms with E-state index >= 15 is 0 Å². The predicted octanol–water partition coefficient (Wildman–Crippen LogP) is 4.47. The molecule has 1 heterocycles. The normalized spacial score (nSPS) is 10.6. The number of methoxy groups -OCH3 is 1. The van der Waals surface area contributed by atoms with E-state index in [0.29, 0.717) is 16.3 Å². The molecule has 1 aromatic heterocycles. The highest BCUT2D eigenvalue weighted by molar-refractivity contribution is 8.01. The van der Waals surface area contributed by atoms with Crippen LogP contribution >= 0.6 is 34.7 Å². The van der Waals surface area contributed by atoms with Crippen molar-refractivity contribution in [2.75, 3.05) is 18.2 Å². The Balaban J connectivity index is 1.66. The minimum absolute atomic E-state index is 0.184. The molecule has 3 rings (SSSR count). The van der Waals surface area contributed by atoms with Crippen molar-refractivity contribution in [1.82, 2.24) is 4.98 Å². The molecule has 25 heavy (non-hydrogen) atoms. The van der Waals surface area contributed by atoms with Crippen molar-refractivity contribution in [3.8, 4) is 0 Å². The summed E-state index contributed by atoms with van der Waals surface area (Å²) in [6.45, 7) is 0. The highest BCUT2D eigenvalue weighted by atomic mass is 35.5. The summed E-state index contributed by atoms with van der Waals surface area (Å²) in [6.07, 6.45) is 0. The molecule has 8 heteroatoms. The second-order valence-electron chi connectivity index (χ2n) is 4.97. The average Bonchev–Trinajstić information content (AvgIpc) is 3.02. The highest BCUT2D eigenvalue weighted by Gasteiger charge is 2.14. The summed E-state index contributed by atoms with van der Waals surface area (Å²) in [4.78, 5) is 28.4. The molecule has 0 radical (unpaired) electrons. The molecule has 128 valence electrons. The van der Waals surface area contributed by atoms with Crippen LogP contribution in [-0.2, 0) is 9.53 Å². The Hall–Kier alpha value is -2.09. The first-order valence-corrected chi connectivity index (χ1v) is 9.41. The molecule has 0 spiro atoms. The molecule has 1 N–H and O–H groups in total. The second-order valence-corrected chi connectivity index (χ2v) is 7.66. The molecular weight excluding hydrogens is 380 g/mol. The molecular formula is C17H13ClN2O3S2. The predicted molar refractivity (Wildman–Crippen MR) is 102 cm³/mol. The molecule has 0 fully saturated rings. The van der Waals surface area contributed by atoms with Crippen LogP contribution in [0.3, 0.4) is 0 Å². The maximum absolute atomic E-state index is 12.2. The van der Waals surface area contributed by atoms with E-state index in [9.17, 15) is 9.59 Å². The fraction of sp³-hybridized carbons (Fsp3) is 0.118. The van der Waals surface area contributed by atoms with Crippen molar-refractivity contribution in [2.24, 2.45) is 0 Å². The minimum Gasteiger partial charge on any atom is -0.465 e. The second kappa shape index (κ2) is 7.86. The van der Waals surface area contributed by atoms with Crippen LogP contribution in [0.5, 0.6) is 0 Å². The molecule has 0 bridgehead atoms. The average molecular weight is 393 g/mol. The molecule has 0 unspecified atom stereocenters. The summed E-state index contributed by atoms with van der Waals surface area (Å²) < 4.78 is 6.52. The molecule has 5 nitrogen and oxygen atoms in total. The van der Waals surface area contributed by atoms with Crippen molar-refractivity contribution in [3.05, 3.63) is 53.1 Å². The maximum atomic E-state index is 12.2. The number of fused-ring (bicyclic) bond motifs is 1. The third-order valence-corrected chi connectivity index (χ3v) is 5.68. The Morgan fingerprint density at radius 3 is 2.88 bits per heavy atom. The fourth-order valence-electron chi connectivity index (χ4n) is 2.13. The smallest absolute Gasteiger partial charge is 0.339 e. The lowest BCUT2D eigenvalue weighted by Crippen LogP contribution is -2.17. The monoisotopic (exact) mass is 392 g/mol.